The van der Waals surface area contributed by atoms with Gasteiger partial charge in [-0.3, -0.25) is 14.4 Å². The minimum Gasteiger partial charge on any atom is -0.460 e. The third-order valence-electron chi connectivity index (χ3n) is 4.66. The van der Waals surface area contributed by atoms with Crippen molar-refractivity contribution in [2.75, 3.05) is 13.1 Å². The highest BCUT2D eigenvalue weighted by molar-refractivity contribution is 7.15. The molecule has 202 valence electrons. The molecule has 2 rings (SSSR count). The third kappa shape index (κ3) is 11.5. The molecule has 0 aliphatic carbocycles. The standard InChI is InChI=1S/C27H37N3O6S/c1-26(2,3)35-22(31)17-19(18-11-8-7-9-12-18)30-24(33)21-14-13-20(37-21)23(32)28-15-10-16-29-25(34)36-27(4,5)6/h7-9,11-14,19H,10,15-17H2,1-6H3,(H,28,32)(H,29,34)(H,30,33). The highest BCUT2D eigenvalue weighted by Gasteiger charge is 2.24. The first kappa shape index (κ1) is 29.8. The molecule has 0 bridgehead atoms. The molecule has 0 fully saturated rings. The van der Waals surface area contributed by atoms with Gasteiger partial charge < -0.3 is 25.4 Å². The summed E-state index contributed by atoms with van der Waals surface area (Å²) in [6.07, 6.45) is -0.0101. The molecular weight excluding hydrogens is 494 g/mol. The van der Waals surface area contributed by atoms with Crippen molar-refractivity contribution in [2.24, 2.45) is 0 Å². The van der Waals surface area contributed by atoms with Gasteiger partial charge in [0.2, 0.25) is 0 Å². The zero-order valence-electron chi connectivity index (χ0n) is 22.3. The van der Waals surface area contributed by atoms with E-state index in [9.17, 15) is 19.2 Å². The average molecular weight is 532 g/mol. The Kier molecular flexibility index (Phi) is 10.7. The Bertz CT molecular complexity index is 1070. The van der Waals surface area contributed by atoms with Gasteiger partial charge in [0, 0.05) is 13.1 Å². The van der Waals surface area contributed by atoms with Crippen LogP contribution in [0.2, 0.25) is 0 Å². The van der Waals surface area contributed by atoms with Gasteiger partial charge in [0.15, 0.2) is 0 Å². The SMILES string of the molecule is CC(C)(C)OC(=O)CC(NC(=O)c1ccc(C(=O)NCCCNC(=O)OC(C)(C)C)s1)c1ccccc1. The van der Waals surface area contributed by atoms with Crippen molar-refractivity contribution in [3.8, 4) is 0 Å². The molecule has 9 nitrogen and oxygen atoms in total. The van der Waals surface area contributed by atoms with Crippen molar-refractivity contribution >= 4 is 35.2 Å². The van der Waals surface area contributed by atoms with E-state index in [1.807, 2.05) is 30.3 Å². The molecule has 0 radical (unpaired) electrons. The summed E-state index contributed by atoms with van der Waals surface area (Å²) >= 11 is 1.06. The third-order valence-corrected chi connectivity index (χ3v) is 5.74. The lowest BCUT2D eigenvalue weighted by Crippen LogP contribution is -2.34. The number of hydrogen-bond donors (Lipinski definition) is 3. The number of nitrogens with one attached hydrogen (secondary N) is 3. The molecule has 0 aliphatic rings. The molecule has 37 heavy (non-hydrogen) atoms. The van der Waals surface area contributed by atoms with Gasteiger partial charge >= 0.3 is 12.1 Å². The fraction of sp³-hybridized carbons (Fsp3) is 0.481. The molecule has 3 amide bonds. The summed E-state index contributed by atoms with van der Waals surface area (Å²) in [6, 6.07) is 11.8. The molecule has 0 aliphatic heterocycles. The molecule has 1 heterocycles. The van der Waals surface area contributed by atoms with Crippen LogP contribution in [0, 0.1) is 0 Å². The van der Waals surface area contributed by atoms with Crippen LogP contribution < -0.4 is 16.0 Å². The summed E-state index contributed by atoms with van der Waals surface area (Å²) in [7, 11) is 0. The average Bonchev–Trinajstić information content (AvgIpc) is 3.27. The van der Waals surface area contributed by atoms with Crippen molar-refractivity contribution in [2.45, 2.75) is 71.6 Å². The maximum atomic E-state index is 13.0. The van der Waals surface area contributed by atoms with Gasteiger partial charge in [-0.25, -0.2) is 4.79 Å². The van der Waals surface area contributed by atoms with Crippen LogP contribution in [0.15, 0.2) is 42.5 Å². The second-order valence-electron chi connectivity index (χ2n) is 10.4. The van der Waals surface area contributed by atoms with Crippen molar-refractivity contribution in [3.05, 3.63) is 57.8 Å². The van der Waals surface area contributed by atoms with E-state index in [1.54, 1.807) is 53.7 Å². The Morgan fingerprint density at radius 3 is 1.95 bits per heavy atom. The van der Waals surface area contributed by atoms with Crippen LogP contribution in [0.25, 0.3) is 0 Å². The van der Waals surface area contributed by atoms with E-state index in [1.165, 1.54) is 0 Å². The Labute approximate surface area is 222 Å². The second kappa shape index (κ2) is 13.2. The molecule has 1 aromatic carbocycles. The van der Waals surface area contributed by atoms with E-state index in [2.05, 4.69) is 16.0 Å². The summed E-state index contributed by atoms with van der Waals surface area (Å²) in [5, 5.41) is 8.30. The quantitative estimate of drug-likeness (QED) is 0.304. The summed E-state index contributed by atoms with van der Waals surface area (Å²) in [5.41, 5.74) is -0.432. The largest absolute Gasteiger partial charge is 0.460 e. The van der Waals surface area contributed by atoms with Gasteiger partial charge in [0.05, 0.1) is 22.2 Å². The first-order valence-corrected chi connectivity index (χ1v) is 13.0. The maximum absolute atomic E-state index is 13.0. The molecule has 1 unspecified atom stereocenters. The molecule has 1 aromatic heterocycles. The minimum atomic E-state index is -0.635. The van der Waals surface area contributed by atoms with Crippen molar-refractivity contribution in [1.29, 1.82) is 0 Å². The number of carbonyl (C=O) groups excluding carboxylic acids is 4. The fourth-order valence-corrected chi connectivity index (χ4v) is 4.01. The van der Waals surface area contributed by atoms with E-state index in [-0.39, 0.29) is 18.2 Å². The number of alkyl carbamates (subject to hydrolysis) is 1. The summed E-state index contributed by atoms with van der Waals surface area (Å²) in [4.78, 5) is 50.3. The van der Waals surface area contributed by atoms with Crippen LogP contribution in [0.3, 0.4) is 0 Å². The molecule has 0 spiro atoms. The van der Waals surface area contributed by atoms with Crippen LogP contribution in [-0.2, 0) is 14.3 Å². The molecular formula is C27H37N3O6S. The van der Waals surface area contributed by atoms with E-state index in [0.717, 1.165) is 16.9 Å². The summed E-state index contributed by atoms with van der Waals surface area (Å²) in [5.74, 6) is -1.12. The number of thiophene rings is 1. The van der Waals surface area contributed by atoms with Gasteiger partial charge in [-0.15, -0.1) is 11.3 Å². The number of hydrogen-bond acceptors (Lipinski definition) is 7. The second-order valence-corrected chi connectivity index (χ2v) is 11.5. The maximum Gasteiger partial charge on any atom is 0.407 e. The van der Waals surface area contributed by atoms with Gasteiger partial charge in [-0.2, -0.15) is 0 Å². The molecule has 0 saturated carbocycles. The summed E-state index contributed by atoms with van der Waals surface area (Å²) in [6.45, 7) is 11.4. The first-order chi connectivity index (χ1) is 17.2. The van der Waals surface area contributed by atoms with Crippen LogP contribution in [-0.4, -0.2) is 48.2 Å². The smallest absolute Gasteiger partial charge is 0.407 e. The number of benzene rings is 1. The van der Waals surface area contributed by atoms with Crippen molar-refractivity contribution in [3.63, 3.8) is 0 Å². The van der Waals surface area contributed by atoms with E-state index in [4.69, 9.17) is 9.47 Å². The molecule has 3 N–H and O–H groups in total. The first-order valence-electron chi connectivity index (χ1n) is 12.2. The van der Waals surface area contributed by atoms with Gasteiger partial charge in [-0.1, -0.05) is 30.3 Å². The lowest BCUT2D eigenvalue weighted by Gasteiger charge is -2.23. The number of esters is 1. The molecule has 10 heteroatoms. The fourth-order valence-electron chi connectivity index (χ4n) is 3.18. The van der Waals surface area contributed by atoms with Gasteiger partial charge in [-0.05, 0) is 65.7 Å². The van der Waals surface area contributed by atoms with E-state index >= 15 is 0 Å². The normalized spacial score (nSPS) is 12.3. The zero-order chi connectivity index (χ0) is 27.6. The van der Waals surface area contributed by atoms with E-state index in [0.29, 0.717) is 29.3 Å². The number of rotatable bonds is 10. The zero-order valence-corrected chi connectivity index (χ0v) is 23.1. The highest BCUT2D eigenvalue weighted by atomic mass is 32.1. The van der Waals surface area contributed by atoms with Crippen LogP contribution in [0.5, 0.6) is 0 Å². The highest BCUT2D eigenvalue weighted by Crippen LogP contribution is 2.22. The predicted octanol–water partition coefficient (Wildman–Crippen LogP) is 4.60. The number of amides is 3. The Morgan fingerprint density at radius 1 is 0.784 bits per heavy atom. The Morgan fingerprint density at radius 2 is 1.35 bits per heavy atom. The predicted molar refractivity (Wildman–Crippen MR) is 143 cm³/mol. The van der Waals surface area contributed by atoms with Crippen molar-refractivity contribution in [1.82, 2.24) is 16.0 Å². The molecule has 1 atom stereocenters. The monoisotopic (exact) mass is 531 g/mol. The lowest BCUT2D eigenvalue weighted by molar-refractivity contribution is -0.155. The number of carbonyl (C=O) groups is 4. The Balaban J connectivity index is 1.90. The topological polar surface area (TPSA) is 123 Å². The minimum absolute atomic E-state index is 0.0247. The lowest BCUT2D eigenvalue weighted by atomic mass is 10.0. The molecule has 0 saturated heterocycles. The molecule has 2 aromatic rings. The van der Waals surface area contributed by atoms with Crippen molar-refractivity contribution < 1.29 is 28.7 Å². The number of ether oxygens (including phenoxy) is 2. The van der Waals surface area contributed by atoms with Crippen LogP contribution in [0.1, 0.15) is 85.3 Å². The van der Waals surface area contributed by atoms with Crippen LogP contribution in [0.4, 0.5) is 4.79 Å². The van der Waals surface area contributed by atoms with Gasteiger partial charge in [0.1, 0.15) is 11.2 Å². The van der Waals surface area contributed by atoms with Gasteiger partial charge in [0.25, 0.3) is 11.8 Å². The van der Waals surface area contributed by atoms with Crippen LogP contribution >= 0.6 is 11.3 Å². The Hall–Kier alpha value is -3.40. The van der Waals surface area contributed by atoms with E-state index < -0.39 is 29.3 Å². The summed E-state index contributed by atoms with van der Waals surface area (Å²) < 4.78 is 10.6.